The maximum atomic E-state index is 12.5. The van der Waals surface area contributed by atoms with Gasteiger partial charge in [0.1, 0.15) is 11.6 Å². The van der Waals surface area contributed by atoms with Crippen LogP contribution >= 0.6 is 11.6 Å². The lowest BCUT2D eigenvalue weighted by molar-refractivity contribution is -0.128. The van der Waals surface area contributed by atoms with E-state index in [0.717, 1.165) is 31.5 Å². The van der Waals surface area contributed by atoms with E-state index in [1.54, 1.807) is 11.9 Å². The van der Waals surface area contributed by atoms with Gasteiger partial charge in [0.15, 0.2) is 0 Å². The number of carbonyl (C=O) groups is 1. The van der Waals surface area contributed by atoms with Crippen molar-refractivity contribution in [3.63, 3.8) is 0 Å². The number of carbonyl (C=O) groups excluding carboxylic acids is 1. The molecule has 5 nitrogen and oxygen atoms in total. The number of benzene rings is 1. The van der Waals surface area contributed by atoms with Crippen molar-refractivity contribution in [2.24, 2.45) is 0 Å². The van der Waals surface area contributed by atoms with E-state index in [0.29, 0.717) is 11.6 Å². The Bertz CT molecular complexity index is 645. The zero-order valence-electron chi connectivity index (χ0n) is 14.1. The zero-order valence-corrected chi connectivity index (χ0v) is 14.9. The van der Waals surface area contributed by atoms with Gasteiger partial charge in [-0.2, -0.15) is 5.26 Å². The second-order valence-corrected chi connectivity index (χ2v) is 6.57. The summed E-state index contributed by atoms with van der Waals surface area (Å²) in [6.07, 6.45) is 3.37. The summed E-state index contributed by atoms with van der Waals surface area (Å²) in [6, 6.07) is 9.65. The number of piperidine rings is 1. The molecule has 6 heteroatoms. The van der Waals surface area contributed by atoms with Crippen molar-refractivity contribution in [1.29, 1.82) is 5.26 Å². The van der Waals surface area contributed by atoms with Crippen LogP contribution in [-0.2, 0) is 11.3 Å². The monoisotopic (exact) mass is 346 g/mol. The van der Waals surface area contributed by atoms with Gasteiger partial charge in [-0.15, -0.1) is 0 Å². The minimum atomic E-state index is -0.231. The quantitative estimate of drug-likeness (QED) is 0.657. The Kier molecular flexibility index (Phi) is 6.65. The van der Waals surface area contributed by atoms with Crippen LogP contribution in [0.5, 0.6) is 0 Å². The van der Waals surface area contributed by atoms with Gasteiger partial charge in [0.05, 0.1) is 0 Å². The van der Waals surface area contributed by atoms with E-state index >= 15 is 0 Å². The van der Waals surface area contributed by atoms with E-state index in [2.05, 4.69) is 17.3 Å². The summed E-state index contributed by atoms with van der Waals surface area (Å²) in [6.45, 7) is 2.46. The Hall–Kier alpha value is -2.03. The number of amides is 1. The molecule has 1 aromatic rings. The smallest absolute Gasteiger partial charge is 0.265 e. The van der Waals surface area contributed by atoms with E-state index < -0.39 is 0 Å². The Labute approximate surface area is 148 Å². The van der Waals surface area contributed by atoms with E-state index in [4.69, 9.17) is 11.6 Å². The van der Waals surface area contributed by atoms with Crippen molar-refractivity contribution >= 4 is 17.5 Å². The molecule has 1 aliphatic rings. The summed E-state index contributed by atoms with van der Waals surface area (Å²) in [7, 11) is 3.86. The number of nitriles is 1. The minimum Gasteiger partial charge on any atom is -0.386 e. The summed E-state index contributed by atoms with van der Waals surface area (Å²) < 4.78 is 0. The maximum absolute atomic E-state index is 12.5. The van der Waals surface area contributed by atoms with Crippen LogP contribution in [-0.4, -0.2) is 48.9 Å². The highest BCUT2D eigenvalue weighted by Gasteiger charge is 2.25. The summed E-state index contributed by atoms with van der Waals surface area (Å²) in [5.41, 5.74) is 1.12. The first-order valence-electron chi connectivity index (χ1n) is 8.05. The van der Waals surface area contributed by atoms with Crippen LogP contribution in [0.3, 0.4) is 0 Å². The fourth-order valence-electron chi connectivity index (χ4n) is 2.80. The van der Waals surface area contributed by atoms with Gasteiger partial charge in [0, 0.05) is 30.9 Å². The zero-order chi connectivity index (χ0) is 17.5. The van der Waals surface area contributed by atoms with Gasteiger partial charge in [-0.05, 0) is 50.7 Å². The predicted octanol–water partition coefficient (Wildman–Crippen LogP) is 2.39. The molecular weight excluding hydrogens is 324 g/mol. The Morgan fingerprint density at radius 3 is 2.83 bits per heavy atom. The third-order valence-electron chi connectivity index (χ3n) is 4.35. The number of nitrogens with one attached hydrogen (secondary N) is 1. The summed E-state index contributed by atoms with van der Waals surface area (Å²) in [5.74, 6) is -0.231. The Balaban J connectivity index is 1.94. The predicted molar refractivity (Wildman–Crippen MR) is 95.3 cm³/mol. The lowest BCUT2D eigenvalue weighted by Crippen LogP contribution is -2.45. The summed E-state index contributed by atoms with van der Waals surface area (Å²) in [4.78, 5) is 16.5. The largest absolute Gasteiger partial charge is 0.386 e. The number of hydrogen-bond donors (Lipinski definition) is 1. The molecule has 1 N–H and O–H groups in total. The fourth-order valence-corrected chi connectivity index (χ4v) is 3.01. The first-order chi connectivity index (χ1) is 11.5. The number of hydrogen-bond acceptors (Lipinski definition) is 4. The van der Waals surface area contributed by atoms with Gasteiger partial charge in [-0.3, -0.25) is 4.79 Å². The minimum absolute atomic E-state index is 0.124. The average Bonchev–Trinajstić information content (AvgIpc) is 2.58. The SMILES string of the molecule is CN1CCC(N(C)C(=O)/C(C#N)=C\NCc2cccc(Cl)c2)CC1. The molecule has 128 valence electrons. The van der Waals surface area contributed by atoms with Crippen molar-refractivity contribution in [2.75, 3.05) is 27.2 Å². The number of likely N-dealkylation sites (tertiary alicyclic amines) is 1. The lowest BCUT2D eigenvalue weighted by atomic mass is 10.0. The highest BCUT2D eigenvalue weighted by molar-refractivity contribution is 6.30. The van der Waals surface area contributed by atoms with Gasteiger partial charge in [0.25, 0.3) is 5.91 Å². The van der Waals surface area contributed by atoms with Gasteiger partial charge in [-0.1, -0.05) is 23.7 Å². The highest BCUT2D eigenvalue weighted by Crippen LogP contribution is 2.16. The second kappa shape index (κ2) is 8.72. The van der Waals surface area contributed by atoms with Crippen LogP contribution in [0.25, 0.3) is 0 Å². The molecule has 1 aromatic carbocycles. The molecule has 0 radical (unpaired) electrons. The van der Waals surface area contributed by atoms with Gasteiger partial charge in [-0.25, -0.2) is 0 Å². The molecule has 0 unspecified atom stereocenters. The van der Waals surface area contributed by atoms with Crippen molar-refractivity contribution in [3.8, 4) is 6.07 Å². The molecule has 24 heavy (non-hydrogen) atoms. The van der Waals surface area contributed by atoms with Crippen LogP contribution in [0.4, 0.5) is 0 Å². The maximum Gasteiger partial charge on any atom is 0.265 e. The number of likely N-dealkylation sites (N-methyl/N-ethyl adjacent to an activating group) is 1. The van der Waals surface area contributed by atoms with E-state index in [1.165, 1.54) is 6.20 Å². The molecule has 0 aliphatic carbocycles. The van der Waals surface area contributed by atoms with Crippen molar-refractivity contribution < 1.29 is 4.79 Å². The third kappa shape index (κ3) is 4.98. The second-order valence-electron chi connectivity index (χ2n) is 6.13. The summed E-state index contributed by atoms with van der Waals surface area (Å²) in [5, 5.41) is 13.0. The third-order valence-corrected chi connectivity index (χ3v) is 4.58. The van der Waals surface area contributed by atoms with Crippen LogP contribution in [0.2, 0.25) is 5.02 Å². The molecule has 0 bridgehead atoms. The van der Waals surface area contributed by atoms with Gasteiger partial charge < -0.3 is 15.1 Å². The molecular formula is C18H23ClN4O. The van der Waals surface area contributed by atoms with Crippen LogP contribution in [0, 0.1) is 11.3 Å². The van der Waals surface area contributed by atoms with Gasteiger partial charge in [0.2, 0.25) is 0 Å². The number of nitrogens with zero attached hydrogens (tertiary/aromatic N) is 3. The number of rotatable bonds is 5. The molecule has 0 saturated carbocycles. The summed E-state index contributed by atoms with van der Waals surface area (Å²) >= 11 is 5.94. The molecule has 0 spiro atoms. The standard InChI is InChI=1S/C18H23ClN4O/c1-22-8-6-17(7-9-22)23(2)18(24)15(11-20)13-21-12-14-4-3-5-16(19)10-14/h3-5,10,13,17,21H,6-9,12H2,1-2H3/b15-13-. The topological polar surface area (TPSA) is 59.4 Å². The van der Waals surface area contributed by atoms with Crippen LogP contribution in [0.1, 0.15) is 18.4 Å². The normalized spacial score (nSPS) is 16.5. The molecule has 0 atom stereocenters. The lowest BCUT2D eigenvalue weighted by Gasteiger charge is -2.34. The highest BCUT2D eigenvalue weighted by atomic mass is 35.5. The van der Waals surface area contributed by atoms with E-state index in [-0.39, 0.29) is 17.5 Å². The molecule has 1 heterocycles. The molecule has 1 amide bonds. The van der Waals surface area contributed by atoms with Gasteiger partial charge >= 0.3 is 0 Å². The average molecular weight is 347 g/mol. The van der Waals surface area contributed by atoms with Crippen LogP contribution < -0.4 is 5.32 Å². The first-order valence-corrected chi connectivity index (χ1v) is 8.43. The fraction of sp³-hybridized carbons (Fsp3) is 0.444. The first kappa shape index (κ1) is 18.3. The van der Waals surface area contributed by atoms with Crippen molar-refractivity contribution in [1.82, 2.24) is 15.1 Å². The van der Waals surface area contributed by atoms with Crippen LogP contribution in [0.15, 0.2) is 36.0 Å². The van der Waals surface area contributed by atoms with Crippen molar-refractivity contribution in [3.05, 3.63) is 46.6 Å². The Morgan fingerprint density at radius 1 is 1.50 bits per heavy atom. The molecule has 1 fully saturated rings. The molecule has 2 rings (SSSR count). The molecule has 1 saturated heterocycles. The molecule has 0 aromatic heterocycles. The Morgan fingerprint density at radius 2 is 2.21 bits per heavy atom. The molecule has 1 aliphatic heterocycles. The van der Waals surface area contributed by atoms with E-state index in [1.807, 2.05) is 30.3 Å². The van der Waals surface area contributed by atoms with Crippen molar-refractivity contribution in [2.45, 2.75) is 25.4 Å². The van der Waals surface area contributed by atoms with E-state index in [9.17, 15) is 10.1 Å². The number of halogens is 1.